The minimum atomic E-state index is -0.886. The van der Waals surface area contributed by atoms with Crippen LogP contribution in [0.4, 0.5) is 10.5 Å². The molecule has 0 fully saturated rings. The number of aryl methyl sites for hydroxylation is 1. The molecule has 0 saturated heterocycles. The summed E-state index contributed by atoms with van der Waals surface area (Å²) in [5, 5.41) is 3.17. The molecular weight excluding hydrogens is 366 g/mol. The smallest absolute Gasteiger partial charge is 0.437 e. The third-order valence-electron chi connectivity index (χ3n) is 4.63. The molecule has 2 aliphatic rings. The number of amides is 2. The molecule has 0 aromatic heterocycles. The molecule has 0 aliphatic carbocycles. The molecule has 0 saturated carbocycles. The molecule has 2 amide bonds. The Kier molecular flexibility index (Phi) is 5.36. The molecule has 1 aromatic rings. The standard InChI is InChI=1S/C19H21N3O6/c1-10-4-6-12-15(16(10)28-19(25)27-3)21-17(26-2)13-8-11(5-7-14(20)23)9-22(13)18(12)24/h4-7,9,13,17,21H,8H2,1-3H3,(H2,20,23)/b7-5+. The normalized spacial score (nSPS) is 20.8. The molecule has 2 unspecified atom stereocenters. The van der Waals surface area contributed by atoms with Gasteiger partial charge in [-0.3, -0.25) is 9.59 Å². The average Bonchev–Trinajstić information content (AvgIpc) is 3.05. The van der Waals surface area contributed by atoms with Gasteiger partial charge in [0.25, 0.3) is 5.91 Å². The summed E-state index contributed by atoms with van der Waals surface area (Å²) < 4.78 is 15.4. The number of ether oxygens (including phenoxy) is 3. The Morgan fingerprint density at radius 2 is 2.07 bits per heavy atom. The van der Waals surface area contributed by atoms with Crippen LogP contribution in [0.2, 0.25) is 0 Å². The van der Waals surface area contributed by atoms with Crippen LogP contribution in [0.15, 0.2) is 36.1 Å². The van der Waals surface area contributed by atoms with Gasteiger partial charge in [-0.2, -0.15) is 0 Å². The van der Waals surface area contributed by atoms with Gasteiger partial charge < -0.3 is 30.2 Å². The lowest BCUT2D eigenvalue weighted by Crippen LogP contribution is -2.43. The lowest BCUT2D eigenvalue weighted by Gasteiger charge is -2.27. The topological polar surface area (TPSA) is 120 Å². The predicted octanol–water partition coefficient (Wildman–Crippen LogP) is 1.68. The van der Waals surface area contributed by atoms with Gasteiger partial charge in [0, 0.05) is 19.4 Å². The third kappa shape index (κ3) is 3.56. The summed E-state index contributed by atoms with van der Waals surface area (Å²) in [5.74, 6) is -0.649. The van der Waals surface area contributed by atoms with Crippen LogP contribution in [-0.4, -0.2) is 49.4 Å². The molecule has 2 atom stereocenters. The summed E-state index contributed by atoms with van der Waals surface area (Å²) in [6.07, 6.45) is 3.49. The van der Waals surface area contributed by atoms with Gasteiger partial charge in [-0.1, -0.05) is 12.1 Å². The van der Waals surface area contributed by atoms with Gasteiger partial charge in [-0.25, -0.2) is 4.79 Å². The van der Waals surface area contributed by atoms with Crippen molar-refractivity contribution < 1.29 is 28.6 Å². The quantitative estimate of drug-likeness (QED) is 0.458. The number of nitrogens with two attached hydrogens (primary N) is 1. The number of carbonyl (C=O) groups excluding carboxylic acids is 3. The number of hydrogen-bond acceptors (Lipinski definition) is 7. The number of carbonyl (C=O) groups is 3. The van der Waals surface area contributed by atoms with E-state index in [1.807, 2.05) is 0 Å². The first kappa shape index (κ1) is 19.4. The van der Waals surface area contributed by atoms with Crippen LogP contribution >= 0.6 is 0 Å². The number of fused-ring (bicyclic) bond motifs is 2. The van der Waals surface area contributed by atoms with Crippen LogP contribution < -0.4 is 15.8 Å². The minimum absolute atomic E-state index is 0.207. The van der Waals surface area contributed by atoms with Gasteiger partial charge in [0.05, 0.1) is 24.4 Å². The van der Waals surface area contributed by atoms with E-state index in [2.05, 4.69) is 10.1 Å². The van der Waals surface area contributed by atoms with Gasteiger partial charge >= 0.3 is 6.16 Å². The Morgan fingerprint density at radius 1 is 1.32 bits per heavy atom. The first-order valence-corrected chi connectivity index (χ1v) is 8.55. The Labute approximate surface area is 161 Å². The fourth-order valence-electron chi connectivity index (χ4n) is 3.29. The van der Waals surface area contributed by atoms with Crippen LogP contribution in [0, 0.1) is 6.92 Å². The number of anilines is 1. The van der Waals surface area contributed by atoms with E-state index in [1.54, 1.807) is 36.2 Å². The molecule has 0 radical (unpaired) electrons. The highest BCUT2D eigenvalue weighted by molar-refractivity contribution is 6.03. The Bertz CT molecular complexity index is 892. The van der Waals surface area contributed by atoms with E-state index in [0.717, 1.165) is 5.57 Å². The van der Waals surface area contributed by atoms with Crippen molar-refractivity contribution in [2.24, 2.45) is 5.73 Å². The summed E-state index contributed by atoms with van der Waals surface area (Å²) >= 11 is 0. The number of hydrogen-bond donors (Lipinski definition) is 2. The second-order valence-electron chi connectivity index (χ2n) is 6.41. The van der Waals surface area contributed by atoms with Crippen LogP contribution in [0.5, 0.6) is 5.75 Å². The molecule has 28 heavy (non-hydrogen) atoms. The lowest BCUT2D eigenvalue weighted by molar-refractivity contribution is -0.113. The molecular formula is C19H21N3O6. The van der Waals surface area contributed by atoms with Crippen LogP contribution in [0.3, 0.4) is 0 Å². The van der Waals surface area contributed by atoms with Crippen LogP contribution in [0.25, 0.3) is 0 Å². The first-order valence-electron chi connectivity index (χ1n) is 8.55. The Morgan fingerprint density at radius 3 is 2.71 bits per heavy atom. The fourth-order valence-corrected chi connectivity index (χ4v) is 3.29. The van der Waals surface area contributed by atoms with Gasteiger partial charge in [-0.05, 0) is 30.5 Å². The molecule has 2 heterocycles. The molecule has 0 bridgehead atoms. The maximum Gasteiger partial charge on any atom is 0.513 e. The van der Waals surface area contributed by atoms with Gasteiger partial charge in [0.15, 0.2) is 5.75 Å². The maximum atomic E-state index is 13.2. The number of rotatable bonds is 4. The predicted molar refractivity (Wildman–Crippen MR) is 99.6 cm³/mol. The Balaban J connectivity index is 2.05. The molecule has 148 valence electrons. The minimum Gasteiger partial charge on any atom is -0.437 e. The van der Waals surface area contributed by atoms with Crippen LogP contribution in [-0.2, 0) is 14.3 Å². The highest BCUT2D eigenvalue weighted by Crippen LogP contribution is 2.39. The molecule has 1 aromatic carbocycles. The molecule has 0 spiro atoms. The van der Waals surface area contributed by atoms with Crippen molar-refractivity contribution in [2.75, 3.05) is 19.5 Å². The summed E-state index contributed by atoms with van der Waals surface area (Å²) in [4.78, 5) is 37.4. The zero-order valence-corrected chi connectivity index (χ0v) is 15.7. The van der Waals surface area contributed by atoms with Crippen molar-refractivity contribution in [1.82, 2.24) is 4.90 Å². The van der Waals surface area contributed by atoms with Crippen molar-refractivity contribution >= 4 is 23.7 Å². The van der Waals surface area contributed by atoms with E-state index in [0.29, 0.717) is 23.2 Å². The number of nitrogens with zero attached hydrogens (tertiary/aromatic N) is 1. The highest BCUT2D eigenvalue weighted by Gasteiger charge is 2.40. The number of methoxy groups -OCH3 is 2. The maximum absolute atomic E-state index is 13.2. The second-order valence-corrected chi connectivity index (χ2v) is 6.41. The van der Waals surface area contributed by atoms with E-state index in [1.165, 1.54) is 20.3 Å². The third-order valence-corrected chi connectivity index (χ3v) is 4.63. The first-order chi connectivity index (χ1) is 13.3. The van der Waals surface area contributed by atoms with Crippen molar-refractivity contribution in [3.8, 4) is 5.75 Å². The van der Waals surface area contributed by atoms with E-state index in [4.69, 9.17) is 15.2 Å². The average molecular weight is 387 g/mol. The number of benzene rings is 1. The number of nitrogens with one attached hydrogen (secondary N) is 1. The van der Waals surface area contributed by atoms with Gasteiger partial charge in [0.2, 0.25) is 5.91 Å². The van der Waals surface area contributed by atoms with Crippen LogP contribution in [0.1, 0.15) is 22.3 Å². The van der Waals surface area contributed by atoms with Gasteiger partial charge in [0.1, 0.15) is 6.23 Å². The highest BCUT2D eigenvalue weighted by atomic mass is 16.7. The molecule has 3 rings (SSSR count). The molecule has 9 heteroatoms. The zero-order chi connectivity index (χ0) is 20.4. The summed E-state index contributed by atoms with van der Waals surface area (Å²) in [7, 11) is 2.72. The largest absolute Gasteiger partial charge is 0.513 e. The summed E-state index contributed by atoms with van der Waals surface area (Å²) in [5.41, 5.74) is 7.25. The summed E-state index contributed by atoms with van der Waals surface area (Å²) in [6, 6.07) is 2.99. The SMILES string of the molecule is COC(=O)Oc1c(C)ccc2c1NC(OC)C1CC(/C=C/C(N)=O)=CN1C2=O. The zero-order valence-electron chi connectivity index (χ0n) is 15.7. The van der Waals surface area contributed by atoms with E-state index in [-0.39, 0.29) is 17.7 Å². The van der Waals surface area contributed by atoms with E-state index >= 15 is 0 Å². The monoisotopic (exact) mass is 387 g/mol. The molecule has 2 aliphatic heterocycles. The van der Waals surface area contributed by atoms with Crippen molar-refractivity contribution in [2.45, 2.75) is 25.6 Å². The fraction of sp³-hybridized carbons (Fsp3) is 0.316. The van der Waals surface area contributed by atoms with Crippen molar-refractivity contribution in [3.63, 3.8) is 0 Å². The van der Waals surface area contributed by atoms with Gasteiger partial charge in [-0.15, -0.1) is 0 Å². The number of allylic oxidation sites excluding steroid dienone is 1. The van der Waals surface area contributed by atoms with Crippen molar-refractivity contribution in [1.29, 1.82) is 0 Å². The Hall–Kier alpha value is -3.33. The molecule has 9 nitrogen and oxygen atoms in total. The van der Waals surface area contributed by atoms with E-state index in [9.17, 15) is 14.4 Å². The van der Waals surface area contributed by atoms with Crippen molar-refractivity contribution in [3.05, 3.63) is 47.2 Å². The lowest BCUT2D eigenvalue weighted by atomic mass is 10.1. The number of primary amides is 1. The summed E-state index contributed by atoms with van der Waals surface area (Å²) in [6.45, 7) is 1.76. The van der Waals surface area contributed by atoms with E-state index < -0.39 is 18.3 Å². The molecule has 3 N–H and O–H groups in total. The second kappa shape index (κ2) is 7.73.